The molecule has 0 amide bonds. The zero-order chi connectivity index (χ0) is 43.0. The van der Waals surface area contributed by atoms with Crippen LogP contribution in [-0.2, 0) is 28.6 Å². The lowest BCUT2D eigenvalue weighted by atomic mass is 10.0. The topological polar surface area (TPSA) is 78.9 Å². The molecule has 342 valence electrons. The van der Waals surface area contributed by atoms with Crippen LogP contribution in [0.3, 0.4) is 0 Å². The third kappa shape index (κ3) is 46.3. The summed E-state index contributed by atoms with van der Waals surface area (Å²) in [5, 5.41) is 0. The Hall–Kier alpha value is -2.63. The van der Waals surface area contributed by atoms with Crippen LogP contribution in [0, 0.1) is 0 Å². The highest BCUT2D eigenvalue weighted by Crippen LogP contribution is 2.16. The molecule has 59 heavy (non-hydrogen) atoms. The molecule has 6 heteroatoms. The van der Waals surface area contributed by atoms with Gasteiger partial charge in [0.25, 0.3) is 0 Å². The molecule has 0 N–H and O–H groups in total. The smallest absolute Gasteiger partial charge is 0.306 e. The number of carbonyl (C=O) groups excluding carboxylic acids is 3. The second-order valence-electron chi connectivity index (χ2n) is 16.7. The van der Waals surface area contributed by atoms with Gasteiger partial charge in [-0.3, -0.25) is 14.4 Å². The Bertz CT molecular complexity index is 1040. The second-order valence-corrected chi connectivity index (χ2v) is 16.7. The fourth-order valence-electron chi connectivity index (χ4n) is 7.08. The molecular formula is C53H94O6. The van der Waals surface area contributed by atoms with E-state index in [0.717, 1.165) is 96.3 Å². The maximum atomic E-state index is 12.7. The molecule has 0 aliphatic rings. The Morgan fingerprint density at radius 3 is 1.03 bits per heavy atom. The van der Waals surface area contributed by atoms with E-state index >= 15 is 0 Å². The first kappa shape index (κ1) is 56.4. The van der Waals surface area contributed by atoms with Gasteiger partial charge in [-0.2, -0.15) is 0 Å². The van der Waals surface area contributed by atoms with E-state index in [0.29, 0.717) is 19.3 Å². The predicted molar refractivity (Wildman–Crippen MR) is 252 cm³/mol. The molecule has 0 aromatic rings. The third-order valence-corrected chi connectivity index (χ3v) is 10.8. The lowest BCUT2D eigenvalue weighted by molar-refractivity contribution is -0.167. The standard InChI is InChI=1S/C53H94O6/c1-4-7-10-13-16-18-20-22-24-26-28-29-31-33-35-37-40-43-46-52(55)58-49-50(48-57-51(54)45-42-39-15-12-9-6-3)59-53(56)47-44-41-38-36-34-32-30-27-25-23-21-19-17-14-11-8-5-2/h8,11,17,19,23,25,30,32,50H,4-7,9-10,12-16,18,20-22,24,26-29,31,33-49H2,1-3H3/b11-8-,19-17-,25-23-,32-30-. The minimum absolute atomic E-state index is 0.0806. The summed E-state index contributed by atoms with van der Waals surface area (Å²) in [4.78, 5) is 37.7. The summed E-state index contributed by atoms with van der Waals surface area (Å²) in [5.74, 6) is -0.908. The Morgan fingerprint density at radius 2 is 0.661 bits per heavy atom. The van der Waals surface area contributed by atoms with Gasteiger partial charge in [-0.05, 0) is 57.8 Å². The molecule has 0 bridgehead atoms. The van der Waals surface area contributed by atoms with Gasteiger partial charge in [0.05, 0.1) is 0 Å². The van der Waals surface area contributed by atoms with Crippen molar-refractivity contribution in [1.82, 2.24) is 0 Å². The summed E-state index contributed by atoms with van der Waals surface area (Å²) in [5.41, 5.74) is 0. The Balaban J connectivity index is 4.24. The van der Waals surface area contributed by atoms with Crippen molar-refractivity contribution >= 4 is 17.9 Å². The lowest BCUT2D eigenvalue weighted by Crippen LogP contribution is -2.30. The number of ether oxygens (including phenoxy) is 3. The van der Waals surface area contributed by atoms with Gasteiger partial charge in [-0.15, -0.1) is 0 Å². The Labute approximate surface area is 365 Å². The Morgan fingerprint density at radius 1 is 0.356 bits per heavy atom. The predicted octanol–water partition coefficient (Wildman–Crippen LogP) is 16.3. The first-order chi connectivity index (χ1) is 29.0. The molecule has 6 nitrogen and oxygen atoms in total. The molecule has 1 atom stereocenters. The highest BCUT2D eigenvalue weighted by molar-refractivity contribution is 5.71. The van der Waals surface area contributed by atoms with E-state index in [9.17, 15) is 14.4 Å². The van der Waals surface area contributed by atoms with Crippen LogP contribution in [0.25, 0.3) is 0 Å². The van der Waals surface area contributed by atoms with Gasteiger partial charge in [-0.1, -0.05) is 223 Å². The molecular weight excluding hydrogens is 733 g/mol. The number of unbranched alkanes of at least 4 members (excludes halogenated alkanes) is 26. The first-order valence-electron chi connectivity index (χ1n) is 25.1. The highest BCUT2D eigenvalue weighted by Gasteiger charge is 2.19. The molecule has 0 spiro atoms. The van der Waals surface area contributed by atoms with E-state index in [1.807, 2.05) is 0 Å². The van der Waals surface area contributed by atoms with Gasteiger partial charge >= 0.3 is 17.9 Å². The molecule has 0 aromatic heterocycles. The van der Waals surface area contributed by atoms with Crippen molar-refractivity contribution in [1.29, 1.82) is 0 Å². The van der Waals surface area contributed by atoms with Crippen molar-refractivity contribution in [3.05, 3.63) is 48.6 Å². The largest absolute Gasteiger partial charge is 0.462 e. The van der Waals surface area contributed by atoms with E-state index in [-0.39, 0.29) is 31.1 Å². The molecule has 0 rings (SSSR count). The van der Waals surface area contributed by atoms with Crippen LogP contribution < -0.4 is 0 Å². The molecule has 0 fully saturated rings. The van der Waals surface area contributed by atoms with Crippen LogP contribution in [0.2, 0.25) is 0 Å². The zero-order valence-corrected chi connectivity index (χ0v) is 39.0. The van der Waals surface area contributed by atoms with Gasteiger partial charge in [-0.25, -0.2) is 0 Å². The molecule has 0 saturated carbocycles. The average molecular weight is 827 g/mol. The molecule has 1 unspecified atom stereocenters. The Kier molecular flexibility index (Phi) is 45.9. The number of rotatable bonds is 45. The fraction of sp³-hybridized carbons (Fsp3) is 0.792. The number of hydrogen-bond donors (Lipinski definition) is 0. The van der Waals surface area contributed by atoms with Gasteiger partial charge < -0.3 is 14.2 Å². The van der Waals surface area contributed by atoms with Crippen molar-refractivity contribution in [3.8, 4) is 0 Å². The summed E-state index contributed by atoms with van der Waals surface area (Å²) >= 11 is 0. The maximum absolute atomic E-state index is 12.7. The molecule has 0 aliphatic carbocycles. The minimum atomic E-state index is -0.779. The highest BCUT2D eigenvalue weighted by atomic mass is 16.6. The van der Waals surface area contributed by atoms with Crippen molar-refractivity contribution in [2.24, 2.45) is 0 Å². The minimum Gasteiger partial charge on any atom is -0.462 e. The van der Waals surface area contributed by atoms with E-state index in [1.54, 1.807) is 0 Å². The molecule has 0 radical (unpaired) electrons. The normalized spacial score (nSPS) is 12.4. The van der Waals surface area contributed by atoms with E-state index in [2.05, 4.69) is 69.4 Å². The average Bonchev–Trinajstić information content (AvgIpc) is 3.23. The van der Waals surface area contributed by atoms with Gasteiger partial charge in [0, 0.05) is 19.3 Å². The quantitative estimate of drug-likeness (QED) is 0.0263. The SMILES string of the molecule is CC/C=C\C/C=C\C/C=C\C/C=C\CCCCCCC(=O)OC(COC(=O)CCCCCCCC)COC(=O)CCCCCCCCCCCCCCCCCCCC. The monoisotopic (exact) mass is 827 g/mol. The van der Waals surface area contributed by atoms with Crippen LogP contribution in [0.5, 0.6) is 0 Å². The van der Waals surface area contributed by atoms with Crippen LogP contribution in [-0.4, -0.2) is 37.2 Å². The third-order valence-electron chi connectivity index (χ3n) is 10.8. The number of esters is 3. The zero-order valence-electron chi connectivity index (χ0n) is 39.0. The molecule has 0 aromatic carbocycles. The number of carbonyl (C=O) groups is 3. The van der Waals surface area contributed by atoms with E-state index in [1.165, 1.54) is 116 Å². The fourth-order valence-corrected chi connectivity index (χ4v) is 7.08. The first-order valence-corrected chi connectivity index (χ1v) is 25.1. The summed E-state index contributed by atoms with van der Waals surface area (Å²) in [6.07, 6.45) is 56.9. The molecule has 0 aliphatic heterocycles. The van der Waals surface area contributed by atoms with Crippen LogP contribution in [0.1, 0.15) is 252 Å². The van der Waals surface area contributed by atoms with Crippen molar-refractivity contribution in [2.75, 3.05) is 13.2 Å². The van der Waals surface area contributed by atoms with Crippen molar-refractivity contribution in [2.45, 2.75) is 258 Å². The van der Waals surface area contributed by atoms with E-state index < -0.39 is 6.10 Å². The number of allylic oxidation sites excluding steroid dienone is 8. The van der Waals surface area contributed by atoms with E-state index in [4.69, 9.17) is 14.2 Å². The molecule has 0 saturated heterocycles. The van der Waals surface area contributed by atoms with Crippen LogP contribution in [0.15, 0.2) is 48.6 Å². The summed E-state index contributed by atoms with van der Waals surface area (Å²) in [7, 11) is 0. The van der Waals surface area contributed by atoms with Crippen molar-refractivity contribution in [3.63, 3.8) is 0 Å². The summed E-state index contributed by atoms with van der Waals surface area (Å²) in [6, 6.07) is 0. The van der Waals surface area contributed by atoms with Crippen molar-refractivity contribution < 1.29 is 28.6 Å². The molecule has 0 heterocycles. The summed E-state index contributed by atoms with van der Waals surface area (Å²) < 4.78 is 16.7. The van der Waals surface area contributed by atoms with Gasteiger partial charge in [0.1, 0.15) is 13.2 Å². The van der Waals surface area contributed by atoms with Crippen LogP contribution in [0.4, 0.5) is 0 Å². The van der Waals surface area contributed by atoms with Gasteiger partial charge in [0.2, 0.25) is 0 Å². The second kappa shape index (κ2) is 48.0. The number of hydrogen-bond acceptors (Lipinski definition) is 6. The lowest BCUT2D eigenvalue weighted by Gasteiger charge is -2.18. The summed E-state index contributed by atoms with van der Waals surface area (Å²) in [6.45, 7) is 6.46. The maximum Gasteiger partial charge on any atom is 0.306 e. The van der Waals surface area contributed by atoms with Crippen LogP contribution >= 0.6 is 0 Å². The van der Waals surface area contributed by atoms with Gasteiger partial charge in [0.15, 0.2) is 6.10 Å².